The van der Waals surface area contributed by atoms with Crippen molar-refractivity contribution in [2.45, 2.75) is 0 Å². The molecule has 0 atom stereocenters. The Kier molecular flexibility index (Phi) is 15.9. The Labute approximate surface area is 591 Å². The van der Waals surface area contributed by atoms with Crippen LogP contribution in [0.4, 0.5) is 17.1 Å². The first-order valence-electron chi connectivity index (χ1n) is 33.6. The summed E-state index contributed by atoms with van der Waals surface area (Å²) in [4.78, 5) is 97.2. The standard InChI is InChI=1S/C33H20N2O2.2C29H18N2O2/c36-32-28-14-8-13-27-25(17-19-29(31(27)28)33(37)35(32)21-9-2-1-3-10-21)24-16-18-26(30-15-6-7-20-34-30)23-12-5-4-11-22(23)24;32-28-25-10-4-9-24-23(20-13-11-19(12-14-20)21-6-5-17-30-18-21)15-16-26(27(24)25)29(33)31(28)22-7-2-1-3-8-22;32-28-25-8-4-7-24-23(21-11-9-19(10-12-21)20-15-17-30-18-16-20)13-14-26(27(24)25)29(33)31(28)22-5-2-1-3-6-22/h1-20H;2*1-18H. The van der Waals surface area contributed by atoms with E-state index in [4.69, 9.17) is 0 Å². The molecule has 486 valence electrons. The molecule has 0 N–H and O–H groups in total. The van der Waals surface area contributed by atoms with E-state index in [-0.39, 0.29) is 35.4 Å². The second-order valence-corrected chi connectivity index (χ2v) is 25.1. The van der Waals surface area contributed by atoms with Gasteiger partial charge in [0.1, 0.15) is 0 Å². The van der Waals surface area contributed by atoms with E-state index in [0.717, 1.165) is 99.2 Å². The lowest BCUT2D eigenvalue weighted by Gasteiger charge is -2.28. The zero-order chi connectivity index (χ0) is 69.7. The van der Waals surface area contributed by atoms with E-state index in [2.05, 4.69) is 87.7 Å². The van der Waals surface area contributed by atoms with Crippen LogP contribution in [-0.4, -0.2) is 50.4 Å². The molecule has 0 spiro atoms. The van der Waals surface area contributed by atoms with Crippen molar-refractivity contribution in [1.29, 1.82) is 0 Å². The van der Waals surface area contributed by atoms with Crippen LogP contribution in [0.3, 0.4) is 0 Å². The third kappa shape index (κ3) is 11.0. The van der Waals surface area contributed by atoms with Gasteiger partial charge in [-0.25, -0.2) is 14.7 Å². The fourth-order valence-corrected chi connectivity index (χ4v) is 14.5. The number of fused-ring (bicyclic) bond motifs is 1. The van der Waals surface area contributed by atoms with E-state index in [0.29, 0.717) is 61.2 Å². The van der Waals surface area contributed by atoms with Gasteiger partial charge in [0.05, 0.1) is 22.8 Å². The number of hydrogen-bond donors (Lipinski definition) is 0. The van der Waals surface area contributed by atoms with Crippen molar-refractivity contribution in [3.05, 3.63) is 374 Å². The summed E-state index contributed by atoms with van der Waals surface area (Å²) in [5.74, 6) is -1.80. The SMILES string of the molecule is O=C1c2cccc3c(-c4ccc(-c5ccccn5)c5ccccc45)ccc(c23)C(=O)N1c1ccccc1.O=C1c2cccc3c(-c4ccc(-c5cccnc5)cc4)ccc(c23)C(=O)N1c1ccccc1.O=C1c2cccc3c(-c4ccc(-c5ccncc5)cc4)ccc(c23)C(=O)N1c1ccccc1. The van der Waals surface area contributed by atoms with Crippen molar-refractivity contribution in [3.63, 3.8) is 0 Å². The highest BCUT2D eigenvalue weighted by atomic mass is 16.2. The first-order valence-corrected chi connectivity index (χ1v) is 33.6. The quantitative estimate of drug-likeness (QED) is 0.129. The Hall–Kier alpha value is -14.2. The van der Waals surface area contributed by atoms with Gasteiger partial charge in [-0.2, -0.15) is 0 Å². The number of carbonyl (C=O) groups excluding carboxylic acids is 6. The van der Waals surface area contributed by atoms with Gasteiger partial charge in [0.15, 0.2) is 0 Å². The number of anilines is 3. The molecule has 0 radical (unpaired) electrons. The van der Waals surface area contributed by atoms with Crippen molar-refractivity contribution in [2.24, 2.45) is 0 Å². The Morgan fingerprint density at radius 2 is 0.524 bits per heavy atom. The molecule has 3 aliphatic rings. The first-order chi connectivity index (χ1) is 50.7. The van der Waals surface area contributed by atoms with E-state index >= 15 is 0 Å². The zero-order valence-electron chi connectivity index (χ0n) is 55.0. The molecule has 6 amide bonds. The summed E-state index contributed by atoms with van der Waals surface area (Å²) in [7, 11) is 0. The fourth-order valence-electron chi connectivity index (χ4n) is 14.5. The van der Waals surface area contributed by atoms with Crippen molar-refractivity contribution in [3.8, 4) is 66.9 Å². The van der Waals surface area contributed by atoms with E-state index in [9.17, 15) is 28.8 Å². The number of benzene rings is 13. The molecule has 13 aromatic carbocycles. The van der Waals surface area contributed by atoms with Gasteiger partial charge in [-0.15, -0.1) is 0 Å². The van der Waals surface area contributed by atoms with Crippen LogP contribution in [0.1, 0.15) is 62.1 Å². The molecule has 3 aromatic heterocycles. The molecule has 0 saturated carbocycles. The third-order valence-corrected chi connectivity index (χ3v) is 19.3. The maximum Gasteiger partial charge on any atom is 0.265 e. The number of pyridine rings is 3. The van der Waals surface area contributed by atoms with Gasteiger partial charge in [-0.05, 0) is 186 Å². The fraction of sp³-hybridized carbons (Fsp3) is 0. The summed E-state index contributed by atoms with van der Waals surface area (Å²) in [5.41, 5.74) is 17.3. The molecular weight excluding hydrogens is 1270 g/mol. The number of amides is 6. The summed E-state index contributed by atoms with van der Waals surface area (Å²) in [6.45, 7) is 0. The minimum absolute atomic E-state index is 0.297. The highest BCUT2D eigenvalue weighted by Gasteiger charge is 2.38. The lowest BCUT2D eigenvalue weighted by molar-refractivity contribution is 0.0877. The molecule has 3 aliphatic heterocycles. The second-order valence-electron chi connectivity index (χ2n) is 25.1. The normalized spacial score (nSPS) is 12.9. The summed E-state index contributed by atoms with van der Waals surface area (Å²) < 4.78 is 0. The van der Waals surface area contributed by atoms with E-state index in [1.807, 2.05) is 194 Å². The molecule has 6 heterocycles. The van der Waals surface area contributed by atoms with Crippen LogP contribution in [0.2, 0.25) is 0 Å². The minimum Gasteiger partial charge on any atom is -0.268 e. The molecule has 16 aromatic rings. The first kappa shape index (κ1) is 62.3. The van der Waals surface area contributed by atoms with Gasteiger partial charge in [0.25, 0.3) is 35.4 Å². The van der Waals surface area contributed by atoms with Crippen LogP contribution < -0.4 is 14.7 Å². The highest BCUT2D eigenvalue weighted by Crippen LogP contribution is 2.44. The van der Waals surface area contributed by atoms with E-state index < -0.39 is 0 Å². The summed E-state index contributed by atoms with van der Waals surface area (Å²) in [6, 6.07) is 98.6. The van der Waals surface area contributed by atoms with Gasteiger partial charge < -0.3 is 0 Å². The molecule has 0 unspecified atom stereocenters. The number of rotatable bonds is 9. The van der Waals surface area contributed by atoms with E-state index in [1.165, 1.54) is 14.7 Å². The van der Waals surface area contributed by atoms with Gasteiger partial charge in [0, 0.05) is 86.1 Å². The van der Waals surface area contributed by atoms with Crippen LogP contribution in [0, 0.1) is 0 Å². The third-order valence-electron chi connectivity index (χ3n) is 19.3. The van der Waals surface area contributed by atoms with Crippen molar-refractivity contribution in [1.82, 2.24) is 15.0 Å². The monoisotopic (exact) mass is 1330 g/mol. The Morgan fingerprint density at radius 3 is 0.942 bits per heavy atom. The van der Waals surface area contributed by atoms with Crippen LogP contribution >= 0.6 is 0 Å². The smallest absolute Gasteiger partial charge is 0.265 e. The predicted octanol–water partition coefficient (Wildman–Crippen LogP) is 20.3. The lowest BCUT2D eigenvalue weighted by atomic mass is 9.86. The number of aromatic nitrogens is 3. The van der Waals surface area contributed by atoms with Crippen LogP contribution in [0.25, 0.3) is 110 Å². The van der Waals surface area contributed by atoms with Crippen molar-refractivity contribution >= 4 is 95.6 Å². The largest absolute Gasteiger partial charge is 0.268 e. The molecular formula is C91H56N6O6. The van der Waals surface area contributed by atoms with Crippen LogP contribution in [-0.2, 0) is 0 Å². The van der Waals surface area contributed by atoms with Gasteiger partial charge in [-0.3, -0.25) is 43.7 Å². The number of hydrogen-bond acceptors (Lipinski definition) is 9. The van der Waals surface area contributed by atoms with Gasteiger partial charge in [0.2, 0.25) is 0 Å². The number of imide groups is 3. The molecule has 12 nitrogen and oxygen atoms in total. The minimum atomic E-state index is -0.304. The molecule has 0 saturated heterocycles. The summed E-state index contributed by atoms with van der Waals surface area (Å²) >= 11 is 0. The number of carbonyl (C=O) groups is 6. The average Bonchev–Trinajstić information content (AvgIpc) is 0.741. The maximum absolute atomic E-state index is 13.6. The second kappa shape index (κ2) is 26.2. The van der Waals surface area contributed by atoms with Crippen molar-refractivity contribution < 1.29 is 28.8 Å². The predicted molar refractivity (Wildman–Crippen MR) is 408 cm³/mol. The molecule has 0 bridgehead atoms. The summed E-state index contributed by atoms with van der Waals surface area (Å²) in [5, 5.41) is 7.01. The Balaban J connectivity index is 0.000000115. The van der Waals surface area contributed by atoms with Crippen LogP contribution in [0.5, 0.6) is 0 Å². The van der Waals surface area contributed by atoms with Crippen LogP contribution in [0.15, 0.2) is 340 Å². The maximum atomic E-state index is 13.6. The Bertz CT molecular complexity index is 5800. The summed E-state index contributed by atoms with van der Waals surface area (Å²) in [6.07, 6.45) is 8.96. The number of para-hydroxylation sites is 3. The topological polar surface area (TPSA) is 151 Å². The van der Waals surface area contributed by atoms with Gasteiger partial charge in [-0.1, -0.05) is 206 Å². The number of nitrogens with zero attached hydrogens (tertiary/aromatic N) is 6. The average molecular weight is 1330 g/mol. The van der Waals surface area contributed by atoms with E-state index in [1.54, 1.807) is 73.3 Å². The molecule has 103 heavy (non-hydrogen) atoms. The molecule has 12 heteroatoms. The Morgan fingerprint density at radius 1 is 0.194 bits per heavy atom. The molecule has 0 aliphatic carbocycles. The van der Waals surface area contributed by atoms with Crippen molar-refractivity contribution in [2.75, 3.05) is 14.7 Å². The molecule has 19 rings (SSSR count). The highest BCUT2D eigenvalue weighted by molar-refractivity contribution is 6.39. The molecule has 0 fully saturated rings. The zero-order valence-corrected chi connectivity index (χ0v) is 55.0. The lowest BCUT2D eigenvalue weighted by Crippen LogP contribution is -2.40. The van der Waals surface area contributed by atoms with Gasteiger partial charge >= 0.3 is 0 Å².